The number of rotatable bonds is 9. The maximum atomic E-state index is 12.8. The van der Waals surface area contributed by atoms with Crippen LogP contribution in [0.25, 0.3) is 0 Å². The Kier molecular flexibility index (Phi) is 8.17. The predicted molar refractivity (Wildman–Crippen MR) is 85.8 cm³/mol. The third-order valence-electron chi connectivity index (χ3n) is 3.30. The SMILES string of the molecule is CN(CC(O)COc1ccccc1C(F)(F)F)C(=O)NCCCC(=O)O. The molecule has 1 aromatic carbocycles. The Bertz CT molecular complexity index is 610. The van der Waals surface area contributed by atoms with Crippen LogP contribution in [0.15, 0.2) is 24.3 Å². The van der Waals surface area contributed by atoms with Crippen molar-refractivity contribution in [1.82, 2.24) is 10.2 Å². The first-order valence-corrected chi connectivity index (χ1v) is 7.79. The van der Waals surface area contributed by atoms with Gasteiger partial charge in [0.25, 0.3) is 0 Å². The van der Waals surface area contributed by atoms with Gasteiger partial charge < -0.3 is 25.2 Å². The van der Waals surface area contributed by atoms with E-state index in [-0.39, 0.29) is 25.9 Å². The Morgan fingerprint density at radius 1 is 1.31 bits per heavy atom. The number of likely N-dealkylation sites (N-methyl/N-ethyl adjacent to an activating group) is 1. The molecule has 1 aromatic rings. The number of aliphatic carboxylic acids is 1. The van der Waals surface area contributed by atoms with Gasteiger partial charge in [0, 0.05) is 20.0 Å². The van der Waals surface area contributed by atoms with Gasteiger partial charge in [-0.25, -0.2) is 4.79 Å². The summed E-state index contributed by atoms with van der Waals surface area (Å²) in [6.07, 6.45) is -5.60. The van der Waals surface area contributed by atoms with Crippen LogP contribution in [0.1, 0.15) is 18.4 Å². The van der Waals surface area contributed by atoms with Gasteiger partial charge >= 0.3 is 18.2 Å². The van der Waals surface area contributed by atoms with Crippen molar-refractivity contribution in [2.75, 3.05) is 26.7 Å². The minimum atomic E-state index is -4.58. The highest BCUT2D eigenvalue weighted by Crippen LogP contribution is 2.35. The molecule has 0 aliphatic heterocycles. The van der Waals surface area contributed by atoms with Crippen LogP contribution in [-0.2, 0) is 11.0 Å². The van der Waals surface area contributed by atoms with Gasteiger partial charge in [-0.1, -0.05) is 12.1 Å². The van der Waals surface area contributed by atoms with Crippen molar-refractivity contribution in [2.24, 2.45) is 0 Å². The molecule has 0 bridgehead atoms. The number of carbonyl (C=O) groups is 2. The van der Waals surface area contributed by atoms with Crippen molar-refractivity contribution in [3.8, 4) is 5.75 Å². The number of aliphatic hydroxyl groups is 1. The fourth-order valence-corrected chi connectivity index (χ4v) is 2.03. The summed E-state index contributed by atoms with van der Waals surface area (Å²) >= 11 is 0. The average molecular weight is 378 g/mol. The molecule has 0 saturated heterocycles. The van der Waals surface area contributed by atoms with E-state index in [2.05, 4.69) is 5.32 Å². The second-order valence-corrected chi connectivity index (χ2v) is 5.57. The second kappa shape index (κ2) is 9.85. The summed E-state index contributed by atoms with van der Waals surface area (Å²) in [5, 5.41) is 20.8. The number of carboxylic acid groups (broad SMARTS) is 1. The van der Waals surface area contributed by atoms with Crippen molar-refractivity contribution in [2.45, 2.75) is 25.1 Å². The van der Waals surface area contributed by atoms with E-state index in [9.17, 15) is 27.9 Å². The number of benzene rings is 1. The van der Waals surface area contributed by atoms with Gasteiger partial charge in [-0.2, -0.15) is 13.2 Å². The summed E-state index contributed by atoms with van der Waals surface area (Å²) in [6.45, 7) is -0.441. The van der Waals surface area contributed by atoms with Gasteiger partial charge in [-0.3, -0.25) is 4.79 Å². The Labute approximate surface area is 148 Å². The summed E-state index contributed by atoms with van der Waals surface area (Å²) < 4.78 is 43.6. The maximum absolute atomic E-state index is 12.8. The zero-order valence-corrected chi connectivity index (χ0v) is 14.1. The van der Waals surface area contributed by atoms with E-state index in [0.29, 0.717) is 0 Å². The summed E-state index contributed by atoms with van der Waals surface area (Å²) in [4.78, 5) is 23.2. The number of aliphatic hydroxyl groups excluding tert-OH is 1. The van der Waals surface area contributed by atoms with Gasteiger partial charge in [-0.15, -0.1) is 0 Å². The summed E-state index contributed by atoms with van der Waals surface area (Å²) in [6, 6.07) is 4.10. The highest BCUT2D eigenvalue weighted by atomic mass is 19.4. The number of para-hydroxylation sites is 1. The molecule has 0 aromatic heterocycles. The molecule has 2 amide bonds. The number of carbonyl (C=O) groups excluding carboxylic acids is 1. The van der Waals surface area contributed by atoms with Crippen LogP contribution in [0.2, 0.25) is 0 Å². The summed E-state index contributed by atoms with van der Waals surface area (Å²) in [5.41, 5.74) is -0.947. The van der Waals surface area contributed by atoms with Gasteiger partial charge in [0.1, 0.15) is 18.5 Å². The fourth-order valence-electron chi connectivity index (χ4n) is 2.03. The molecule has 10 heteroatoms. The number of ether oxygens (including phenoxy) is 1. The normalized spacial score (nSPS) is 12.3. The zero-order valence-electron chi connectivity index (χ0n) is 14.1. The van der Waals surface area contributed by atoms with E-state index in [0.717, 1.165) is 17.0 Å². The van der Waals surface area contributed by atoms with Gasteiger partial charge in [-0.05, 0) is 18.6 Å². The molecule has 26 heavy (non-hydrogen) atoms. The van der Waals surface area contributed by atoms with Crippen molar-refractivity contribution in [3.63, 3.8) is 0 Å². The molecule has 0 saturated carbocycles. The number of urea groups is 1. The first-order chi connectivity index (χ1) is 12.1. The molecule has 7 nitrogen and oxygen atoms in total. The molecule has 0 heterocycles. The van der Waals surface area contributed by atoms with Gasteiger partial charge in [0.05, 0.1) is 12.1 Å². The van der Waals surface area contributed by atoms with Gasteiger partial charge in [0.2, 0.25) is 0 Å². The van der Waals surface area contributed by atoms with Crippen LogP contribution in [0.4, 0.5) is 18.0 Å². The lowest BCUT2D eigenvalue weighted by Gasteiger charge is -2.22. The fraction of sp³-hybridized carbons (Fsp3) is 0.500. The minimum Gasteiger partial charge on any atom is -0.490 e. The summed E-state index contributed by atoms with van der Waals surface area (Å²) in [7, 11) is 1.39. The van der Waals surface area contributed by atoms with Gasteiger partial charge in [0.15, 0.2) is 0 Å². The smallest absolute Gasteiger partial charge is 0.419 e. The van der Waals surface area contributed by atoms with E-state index in [1.165, 1.54) is 19.2 Å². The first kappa shape index (κ1) is 21.6. The second-order valence-electron chi connectivity index (χ2n) is 5.57. The number of alkyl halides is 3. The number of hydrogen-bond donors (Lipinski definition) is 3. The van der Waals surface area contributed by atoms with Crippen LogP contribution >= 0.6 is 0 Å². The molecule has 1 unspecified atom stereocenters. The highest BCUT2D eigenvalue weighted by Gasteiger charge is 2.34. The molecule has 1 atom stereocenters. The molecular formula is C16H21F3N2O5. The molecular weight excluding hydrogens is 357 g/mol. The Morgan fingerprint density at radius 3 is 2.58 bits per heavy atom. The van der Waals surface area contributed by atoms with Crippen molar-refractivity contribution >= 4 is 12.0 Å². The lowest BCUT2D eigenvalue weighted by atomic mass is 10.2. The van der Waals surface area contributed by atoms with E-state index in [1.54, 1.807) is 0 Å². The van der Waals surface area contributed by atoms with Crippen molar-refractivity contribution in [3.05, 3.63) is 29.8 Å². The Balaban J connectivity index is 2.43. The van der Waals surface area contributed by atoms with E-state index in [1.807, 2.05) is 0 Å². The Morgan fingerprint density at radius 2 is 1.96 bits per heavy atom. The van der Waals surface area contributed by atoms with E-state index < -0.39 is 42.2 Å². The van der Waals surface area contributed by atoms with Crippen molar-refractivity contribution in [1.29, 1.82) is 0 Å². The lowest BCUT2D eigenvalue weighted by Crippen LogP contribution is -2.43. The van der Waals surface area contributed by atoms with Crippen LogP contribution in [0.5, 0.6) is 5.75 Å². The van der Waals surface area contributed by atoms with Crippen molar-refractivity contribution < 1.29 is 37.7 Å². The van der Waals surface area contributed by atoms with E-state index in [4.69, 9.17) is 9.84 Å². The molecule has 0 radical (unpaired) electrons. The number of halogens is 3. The number of carboxylic acids is 1. The molecule has 3 N–H and O–H groups in total. The minimum absolute atomic E-state index is 0.0843. The number of amides is 2. The van der Waals surface area contributed by atoms with Crippen LogP contribution in [-0.4, -0.2) is 60.0 Å². The third kappa shape index (κ3) is 7.60. The molecule has 146 valence electrons. The van der Waals surface area contributed by atoms with Crippen LogP contribution in [0, 0.1) is 0 Å². The quantitative estimate of drug-likeness (QED) is 0.571. The third-order valence-corrected chi connectivity index (χ3v) is 3.30. The van der Waals surface area contributed by atoms with Crippen LogP contribution in [0.3, 0.4) is 0 Å². The topological polar surface area (TPSA) is 99.1 Å². The standard InChI is InChI=1S/C16H21F3N2O5/c1-21(15(25)20-8-4-7-14(23)24)9-11(22)10-26-13-6-3-2-5-12(13)16(17,18)19/h2-3,5-6,11,22H,4,7-10H2,1H3,(H,20,25)(H,23,24). The maximum Gasteiger partial charge on any atom is 0.419 e. The van der Waals surface area contributed by atoms with Crippen LogP contribution < -0.4 is 10.1 Å². The number of nitrogens with one attached hydrogen (secondary N) is 1. The molecule has 0 fully saturated rings. The largest absolute Gasteiger partial charge is 0.490 e. The first-order valence-electron chi connectivity index (χ1n) is 7.79. The molecule has 1 rings (SSSR count). The lowest BCUT2D eigenvalue weighted by molar-refractivity contribution is -0.139. The molecule has 0 aliphatic carbocycles. The average Bonchev–Trinajstić information content (AvgIpc) is 2.55. The highest BCUT2D eigenvalue weighted by molar-refractivity contribution is 5.74. The molecule has 0 aliphatic rings. The zero-order chi connectivity index (χ0) is 19.7. The number of nitrogens with zero attached hydrogens (tertiary/aromatic N) is 1. The monoisotopic (exact) mass is 378 g/mol. The van der Waals surface area contributed by atoms with E-state index >= 15 is 0 Å². The predicted octanol–water partition coefficient (Wildman–Crippen LogP) is 1.95. The summed E-state index contributed by atoms with van der Waals surface area (Å²) in [5.74, 6) is -1.38. The Hall–Kier alpha value is -2.49. The molecule has 0 spiro atoms. The number of hydrogen-bond acceptors (Lipinski definition) is 4.